The van der Waals surface area contributed by atoms with Crippen LogP contribution in [0.3, 0.4) is 0 Å². The van der Waals surface area contributed by atoms with Crippen molar-refractivity contribution in [3.05, 3.63) is 23.3 Å². The van der Waals surface area contributed by atoms with Crippen LogP contribution in [-0.4, -0.2) is 12.2 Å². The Kier molecular flexibility index (Phi) is 1.67. The van der Waals surface area contributed by atoms with Crippen LogP contribution in [0.5, 0.6) is 0 Å². The van der Waals surface area contributed by atoms with Crippen molar-refractivity contribution >= 4 is 0 Å². The molecule has 0 N–H and O–H groups in total. The first kappa shape index (κ1) is 9.35. The van der Waals surface area contributed by atoms with E-state index in [9.17, 15) is 0 Å². The van der Waals surface area contributed by atoms with E-state index < -0.39 is 0 Å². The van der Waals surface area contributed by atoms with Crippen LogP contribution in [0.1, 0.15) is 32.1 Å². The predicted octanol–water partition coefficient (Wildman–Crippen LogP) is 3.01. The van der Waals surface area contributed by atoms with E-state index in [0.717, 1.165) is 23.7 Å². The highest BCUT2D eigenvalue weighted by Crippen LogP contribution is 2.58. The molecule has 2 atom stereocenters. The van der Waals surface area contributed by atoms with Gasteiger partial charge < -0.3 is 0 Å². The van der Waals surface area contributed by atoms with Crippen LogP contribution in [0.4, 0.5) is 0 Å². The first-order valence-corrected chi connectivity index (χ1v) is 7.13. The lowest BCUT2D eigenvalue weighted by Crippen LogP contribution is -2.41. The second-order valence-corrected chi connectivity index (χ2v) is 6.63. The van der Waals surface area contributed by atoms with Crippen molar-refractivity contribution in [2.75, 3.05) is 0 Å². The molecule has 0 radical (unpaired) electrons. The molecule has 6 bridgehead atoms. The first-order chi connectivity index (χ1) is 8.38. The van der Waals surface area contributed by atoms with Crippen molar-refractivity contribution in [2.24, 2.45) is 23.7 Å². The highest BCUT2D eigenvalue weighted by molar-refractivity contribution is 5.41. The molecule has 1 aliphatic heterocycles. The van der Waals surface area contributed by atoms with Crippen LogP contribution in [0.15, 0.2) is 23.3 Å². The van der Waals surface area contributed by atoms with E-state index in [4.69, 9.17) is 9.78 Å². The molecule has 0 amide bonds. The minimum atomic E-state index is 0.160. The number of hydrogen-bond donors (Lipinski definition) is 0. The number of allylic oxidation sites excluding steroid dienone is 1. The normalized spacial score (nSPS) is 54.1. The first-order valence-electron chi connectivity index (χ1n) is 7.13. The minimum Gasteiger partial charge on any atom is -0.224 e. The summed E-state index contributed by atoms with van der Waals surface area (Å²) in [6, 6.07) is 0. The Bertz CT molecular complexity index is 388. The summed E-state index contributed by atoms with van der Waals surface area (Å²) in [6.07, 6.45) is 12.0. The van der Waals surface area contributed by atoms with Crippen molar-refractivity contribution in [3.63, 3.8) is 0 Å². The van der Waals surface area contributed by atoms with Gasteiger partial charge in [-0.2, -0.15) is 0 Å². The van der Waals surface area contributed by atoms with Gasteiger partial charge in [-0.05, 0) is 67.9 Å². The van der Waals surface area contributed by atoms with E-state index >= 15 is 0 Å². The fourth-order valence-electron chi connectivity index (χ4n) is 5.35. The molecule has 6 rings (SSSR count). The summed E-state index contributed by atoms with van der Waals surface area (Å²) in [5.41, 5.74) is 3.26. The molecule has 17 heavy (non-hydrogen) atoms. The van der Waals surface area contributed by atoms with Gasteiger partial charge in [0, 0.05) is 5.57 Å². The highest BCUT2D eigenvalue weighted by Gasteiger charge is 2.49. The monoisotopic (exact) mass is 230 g/mol. The second-order valence-electron chi connectivity index (χ2n) is 6.63. The molecule has 5 aliphatic carbocycles. The minimum absolute atomic E-state index is 0.160. The topological polar surface area (TPSA) is 18.5 Å². The average molecular weight is 230 g/mol. The smallest absolute Gasteiger partial charge is 0.135 e. The summed E-state index contributed by atoms with van der Waals surface area (Å²) in [6.45, 7) is 0. The molecule has 2 heteroatoms. The Labute approximate surface area is 102 Å². The molecular formula is C15H18O2. The van der Waals surface area contributed by atoms with E-state index in [-0.39, 0.29) is 12.2 Å². The Balaban J connectivity index is 1.62. The van der Waals surface area contributed by atoms with E-state index in [0.29, 0.717) is 0 Å². The van der Waals surface area contributed by atoms with Crippen molar-refractivity contribution in [2.45, 2.75) is 44.3 Å². The fraction of sp³-hybridized carbons (Fsp3) is 0.733. The Morgan fingerprint density at radius 3 is 1.71 bits per heavy atom. The van der Waals surface area contributed by atoms with Gasteiger partial charge in [-0.3, -0.25) is 0 Å². The predicted molar refractivity (Wildman–Crippen MR) is 63.0 cm³/mol. The zero-order chi connectivity index (χ0) is 11.0. The molecule has 0 aromatic rings. The van der Waals surface area contributed by atoms with Gasteiger partial charge in [0.1, 0.15) is 12.2 Å². The van der Waals surface area contributed by atoms with Crippen LogP contribution in [0, 0.1) is 23.7 Å². The lowest BCUT2D eigenvalue weighted by Gasteiger charge is -2.52. The van der Waals surface area contributed by atoms with Crippen LogP contribution < -0.4 is 0 Å². The highest BCUT2D eigenvalue weighted by atomic mass is 17.2. The summed E-state index contributed by atoms with van der Waals surface area (Å²) >= 11 is 0. The molecule has 4 saturated carbocycles. The molecule has 2 nitrogen and oxygen atoms in total. The van der Waals surface area contributed by atoms with Gasteiger partial charge in [0.15, 0.2) is 0 Å². The van der Waals surface area contributed by atoms with Crippen molar-refractivity contribution in [1.29, 1.82) is 0 Å². The number of fused-ring (bicyclic) bond motifs is 2. The Morgan fingerprint density at radius 1 is 0.706 bits per heavy atom. The maximum atomic E-state index is 5.38. The van der Waals surface area contributed by atoms with E-state index in [2.05, 4.69) is 12.2 Å². The number of hydrogen-bond acceptors (Lipinski definition) is 2. The standard InChI is InChI=1S/C15H18O2/c1-2-13-15(12(1)16-17-13)14-10-4-8-3-9(6-10)7-11(14)5-8/h1-2,8-13H,3-7H2/t8?,9?,10?,11?,12-,13+. The van der Waals surface area contributed by atoms with Gasteiger partial charge in [0.05, 0.1) is 0 Å². The summed E-state index contributed by atoms with van der Waals surface area (Å²) in [5.74, 6) is 3.82. The van der Waals surface area contributed by atoms with Gasteiger partial charge in [-0.25, -0.2) is 9.78 Å². The molecule has 1 saturated heterocycles. The van der Waals surface area contributed by atoms with Crippen LogP contribution >= 0.6 is 0 Å². The molecule has 0 unspecified atom stereocenters. The lowest BCUT2D eigenvalue weighted by atomic mass is 9.53. The molecule has 0 aromatic carbocycles. The van der Waals surface area contributed by atoms with Crippen LogP contribution in [-0.2, 0) is 9.78 Å². The van der Waals surface area contributed by atoms with Gasteiger partial charge in [0.25, 0.3) is 0 Å². The zero-order valence-corrected chi connectivity index (χ0v) is 9.97. The Morgan fingerprint density at radius 2 is 1.24 bits per heavy atom. The second kappa shape index (κ2) is 3.04. The maximum Gasteiger partial charge on any atom is 0.135 e. The lowest BCUT2D eigenvalue weighted by molar-refractivity contribution is -0.286. The molecule has 1 heterocycles. The summed E-state index contributed by atoms with van der Waals surface area (Å²) in [4.78, 5) is 10.8. The SMILES string of the molecule is C1=C[C@H]2OO[C@@H]1C2=C1C2CC3CC(C2)CC1C3. The van der Waals surface area contributed by atoms with Crippen molar-refractivity contribution in [3.8, 4) is 0 Å². The van der Waals surface area contributed by atoms with Crippen LogP contribution in [0.2, 0.25) is 0 Å². The molecule has 90 valence electrons. The van der Waals surface area contributed by atoms with Crippen molar-refractivity contribution < 1.29 is 9.78 Å². The summed E-state index contributed by atoms with van der Waals surface area (Å²) in [5, 5.41) is 0. The van der Waals surface area contributed by atoms with Crippen molar-refractivity contribution in [1.82, 2.24) is 0 Å². The molecular weight excluding hydrogens is 212 g/mol. The van der Waals surface area contributed by atoms with Gasteiger partial charge in [-0.1, -0.05) is 5.57 Å². The molecule has 6 aliphatic rings. The van der Waals surface area contributed by atoms with E-state index in [1.807, 2.05) is 0 Å². The molecule has 5 fully saturated rings. The zero-order valence-electron chi connectivity index (χ0n) is 9.97. The fourth-order valence-corrected chi connectivity index (χ4v) is 5.35. The number of rotatable bonds is 0. The van der Waals surface area contributed by atoms with Gasteiger partial charge in [0.2, 0.25) is 0 Å². The summed E-state index contributed by atoms with van der Waals surface area (Å²) in [7, 11) is 0. The third kappa shape index (κ3) is 1.13. The van der Waals surface area contributed by atoms with Gasteiger partial charge >= 0.3 is 0 Å². The van der Waals surface area contributed by atoms with E-state index in [1.165, 1.54) is 37.7 Å². The van der Waals surface area contributed by atoms with Gasteiger partial charge in [-0.15, -0.1) is 0 Å². The molecule has 0 aromatic heterocycles. The Hall–Kier alpha value is -0.600. The largest absolute Gasteiger partial charge is 0.224 e. The van der Waals surface area contributed by atoms with E-state index in [1.54, 1.807) is 5.57 Å². The molecule has 0 spiro atoms. The summed E-state index contributed by atoms with van der Waals surface area (Å²) < 4.78 is 0. The van der Waals surface area contributed by atoms with Crippen LogP contribution in [0.25, 0.3) is 0 Å². The average Bonchev–Trinajstić information content (AvgIpc) is 2.88. The quantitative estimate of drug-likeness (QED) is 0.470. The third-order valence-corrected chi connectivity index (χ3v) is 5.69. The maximum absolute atomic E-state index is 5.38. The third-order valence-electron chi connectivity index (χ3n) is 5.69.